The quantitative estimate of drug-likeness (QED) is 0.373. The van der Waals surface area contributed by atoms with Crippen molar-refractivity contribution in [2.75, 3.05) is 0 Å². The van der Waals surface area contributed by atoms with Gasteiger partial charge in [0.05, 0.1) is 5.76 Å². The first-order valence-electron chi connectivity index (χ1n) is 7.37. The van der Waals surface area contributed by atoms with Crippen molar-refractivity contribution in [1.29, 1.82) is 0 Å². The molecule has 3 heteroatoms. The molecular weight excluding hydrogens is 288 g/mol. The summed E-state index contributed by atoms with van der Waals surface area (Å²) < 4.78 is 0. The molecule has 2 saturated carbocycles. The molecule has 0 saturated heterocycles. The maximum Gasteiger partial charge on any atom is 0.162 e. The Balaban J connectivity index is 0.00000133. The zero-order chi connectivity index (χ0) is 12.5. The van der Waals surface area contributed by atoms with E-state index in [1.807, 2.05) is 0 Å². The van der Waals surface area contributed by atoms with Crippen LogP contribution in [0.15, 0.2) is 24.0 Å². The van der Waals surface area contributed by atoms with E-state index in [0.717, 1.165) is 19.3 Å². The monoisotopic (exact) mass is 309 g/mol. The Morgan fingerprint density at radius 2 is 1.84 bits per heavy atom. The van der Waals surface area contributed by atoms with Crippen LogP contribution in [0.1, 0.15) is 44.9 Å². The van der Waals surface area contributed by atoms with Gasteiger partial charge in [-0.2, -0.15) is 0 Å². The molecule has 3 aliphatic carbocycles. The molecule has 0 amide bonds. The molecule has 0 aromatic rings. The van der Waals surface area contributed by atoms with E-state index < -0.39 is 0 Å². The van der Waals surface area contributed by atoms with E-state index in [9.17, 15) is 9.90 Å². The Bertz CT molecular complexity index is 394. The van der Waals surface area contributed by atoms with Crippen molar-refractivity contribution in [3.63, 3.8) is 0 Å². The minimum Gasteiger partial charge on any atom is -0.512 e. The third kappa shape index (κ3) is 3.14. The molecule has 0 aliphatic heterocycles. The van der Waals surface area contributed by atoms with Crippen molar-refractivity contribution in [1.82, 2.24) is 0 Å². The number of hydrogen-bond donors (Lipinski definition) is 1. The van der Waals surface area contributed by atoms with Gasteiger partial charge in [-0.25, -0.2) is 0 Å². The molecule has 3 aliphatic rings. The third-order valence-corrected chi connectivity index (χ3v) is 4.96. The van der Waals surface area contributed by atoms with Crippen LogP contribution < -0.4 is 0 Å². The van der Waals surface area contributed by atoms with Gasteiger partial charge in [-0.3, -0.25) is 4.79 Å². The van der Waals surface area contributed by atoms with E-state index >= 15 is 0 Å². The van der Waals surface area contributed by atoms with Crippen molar-refractivity contribution in [2.45, 2.75) is 44.9 Å². The van der Waals surface area contributed by atoms with Gasteiger partial charge >= 0.3 is 0 Å². The fourth-order valence-corrected chi connectivity index (χ4v) is 3.88. The van der Waals surface area contributed by atoms with Crippen molar-refractivity contribution >= 4 is 5.78 Å². The van der Waals surface area contributed by atoms with Gasteiger partial charge in [-0.1, -0.05) is 31.4 Å². The number of carbonyl (C=O) groups is 1. The minimum atomic E-state index is 0. The molecule has 3 unspecified atom stereocenters. The molecule has 109 valence electrons. The summed E-state index contributed by atoms with van der Waals surface area (Å²) in [5.74, 6) is 2.02. The number of allylic oxidation sites excluding steroid dienone is 4. The molecule has 3 rings (SSSR count). The maximum absolute atomic E-state index is 12.1. The summed E-state index contributed by atoms with van der Waals surface area (Å²) in [4.78, 5) is 12.1. The topological polar surface area (TPSA) is 37.3 Å². The van der Waals surface area contributed by atoms with Crippen LogP contribution in [-0.2, 0) is 21.9 Å². The van der Waals surface area contributed by atoms with Crippen molar-refractivity contribution in [3.05, 3.63) is 24.0 Å². The van der Waals surface area contributed by atoms with Crippen LogP contribution in [-0.4, -0.2) is 10.9 Å². The maximum atomic E-state index is 12.1. The standard InChI is InChI=1S/C16H22O2.Cu/c17-15(12-4-2-1-3-5-12)10-16(18)14-9-11-6-7-13(14)8-11;/h6-7,10-14,18H,1-5,8-9H2;/b16-10-;. The number of rotatable bonds is 3. The zero-order valence-corrected chi connectivity index (χ0v) is 12.1. The van der Waals surface area contributed by atoms with Gasteiger partial charge in [-0.15, -0.1) is 0 Å². The van der Waals surface area contributed by atoms with Gasteiger partial charge in [0.15, 0.2) is 5.78 Å². The Kier molecular flexibility index (Phi) is 4.91. The fourth-order valence-electron chi connectivity index (χ4n) is 3.88. The molecule has 0 aromatic carbocycles. The minimum absolute atomic E-state index is 0. The van der Waals surface area contributed by atoms with E-state index in [1.165, 1.54) is 25.7 Å². The van der Waals surface area contributed by atoms with Crippen LogP contribution in [0.25, 0.3) is 0 Å². The number of fused-ring (bicyclic) bond motifs is 2. The Morgan fingerprint density at radius 1 is 1.11 bits per heavy atom. The van der Waals surface area contributed by atoms with E-state index in [4.69, 9.17) is 0 Å². The van der Waals surface area contributed by atoms with Crippen molar-refractivity contribution in [2.24, 2.45) is 23.7 Å². The van der Waals surface area contributed by atoms with Crippen LogP contribution in [0, 0.1) is 23.7 Å². The summed E-state index contributed by atoms with van der Waals surface area (Å²) in [6.45, 7) is 0. The Labute approximate surface area is 125 Å². The average Bonchev–Trinajstić information content (AvgIpc) is 3.02. The molecule has 1 radical (unpaired) electrons. The second-order valence-electron chi connectivity index (χ2n) is 6.19. The predicted molar refractivity (Wildman–Crippen MR) is 71.1 cm³/mol. The third-order valence-electron chi connectivity index (χ3n) is 4.96. The summed E-state index contributed by atoms with van der Waals surface area (Å²) in [7, 11) is 0. The number of carbonyl (C=O) groups excluding carboxylic acids is 1. The molecule has 2 fully saturated rings. The first-order chi connectivity index (χ1) is 8.74. The molecule has 2 bridgehead atoms. The number of aliphatic hydroxyl groups is 1. The van der Waals surface area contributed by atoms with Crippen LogP contribution in [0.4, 0.5) is 0 Å². The second kappa shape index (κ2) is 6.28. The zero-order valence-electron chi connectivity index (χ0n) is 11.1. The molecule has 19 heavy (non-hydrogen) atoms. The number of ketones is 1. The normalized spacial score (nSPS) is 34.3. The summed E-state index contributed by atoms with van der Waals surface area (Å²) >= 11 is 0. The van der Waals surface area contributed by atoms with Crippen LogP contribution in [0.2, 0.25) is 0 Å². The smallest absolute Gasteiger partial charge is 0.162 e. The number of hydrogen-bond acceptors (Lipinski definition) is 2. The van der Waals surface area contributed by atoms with E-state index in [2.05, 4.69) is 12.2 Å². The first-order valence-corrected chi connectivity index (χ1v) is 7.37. The summed E-state index contributed by atoms with van der Waals surface area (Å²) in [5.41, 5.74) is 0. The molecule has 3 atom stereocenters. The SMILES string of the molecule is O=C(/C=C(\O)C1CC2C=CC1C2)C1CCCCC1.[Cu]. The summed E-state index contributed by atoms with van der Waals surface area (Å²) in [6.07, 6.45) is 13.8. The summed E-state index contributed by atoms with van der Waals surface area (Å²) in [6, 6.07) is 0. The van der Waals surface area contributed by atoms with Crippen LogP contribution in [0.5, 0.6) is 0 Å². The van der Waals surface area contributed by atoms with Crippen LogP contribution in [0.3, 0.4) is 0 Å². The second-order valence-corrected chi connectivity index (χ2v) is 6.19. The van der Waals surface area contributed by atoms with Crippen molar-refractivity contribution < 1.29 is 27.0 Å². The van der Waals surface area contributed by atoms with Gasteiger partial charge in [0.25, 0.3) is 0 Å². The molecule has 1 N–H and O–H groups in total. The van der Waals surface area contributed by atoms with Gasteiger partial charge < -0.3 is 5.11 Å². The average molecular weight is 310 g/mol. The fraction of sp³-hybridized carbons (Fsp3) is 0.688. The van der Waals surface area contributed by atoms with E-state index in [0.29, 0.717) is 17.6 Å². The van der Waals surface area contributed by atoms with Crippen LogP contribution >= 0.6 is 0 Å². The van der Waals surface area contributed by atoms with Gasteiger partial charge in [0.2, 0.25) is 0 Å². The van der Waals surface area contributed by atoms with Gasteiger partial charge in [-0.05, 0) is 37.5 Å². The van der Waals surface area contributed by atoms with Crippen molar-refractivity contribution in [3.8, 4) is 0 Å². The van der Waals surface area contributed by atoms with E-state index in [-0.39, 0.29) is 34.7 Å². The molecular formula is C16H22CuO2. The molecule has 2 nitrogen and oxygen atoms in total. The first kappa shape index (κ1) is 14.9. The number of aliphatic hydroxyl groups excluding tert-OH is 1. The largest absolute Gasteiger partial charge is 0.512 e. The Hall–Kier alpha value is -0.531. The predicted octanol–water partition coefficient (Wildman–Crippen LogP) is 3.79. The van der Waals surface area contributed by atoms with Gasteiger partial charge in [0, 0.05) is 35.0 Å². The molecule has 0 heterocycles. The Morgan fingerprint density at radius 3 is 2.42 bits per heavy atom. The van der Waals surface area contributed by atoms with Gasteiger partial charge in [0.1, 0.15) is 0 Å². The summed E-state index contributed by atoms with van der Waals surface area (Å²) in [5, 5.41) is 10.2. The molecule has 0 spiro atoms. The molecule has 0 aromatic heterocycles. The van der Waals surface area contributed by atoms with E-state index in [1.54, 1.807) is 6.08 Å².